The summed E-state index contributed by atoms with van der Waals surface area (Å²) in [7, 11) is 0. The molecule has 0 unspecified atom stereocenters. The highest BCUT2D eigenvalue weighted by molar-refractivity contribution is 7.17. The second-order valence-corrected chi connectivity index (χ2v) is 4.93. The Labute approximate surface area is 114 Å². The van der Waals surface area contributed by atoms with Crippen molar-refractivity contribution >= 4 is 23.2 Å². The van der Waals surface area contributed by atoms with Crippen molar-refractivity contribution in [2.24, 2.45) is 5.73 Å². The number of aromatic nitrogens is 1. The molecule has 0 saturated heterocycles. The van der Waals surface area contributed by atoms with Gasteiger partial charge in [-0.05, 0) is 31.2 Å². The van der Waals surface area contributed by atoms with Crippen molar-refractivity contribution in [1.82, 2.24) is 4.98 Å². The van der Waals surface area contributed by atoms with Gasteiger partial charge in [0.2, 0.25) is 0 Å². The topological polar surface area (TPSA) is 82.3 Å². The lowest BCUT2D eigenvalue weighted by atomic mass is 10.2. The molecule has 0 aliphatic rings. The van der Waals surface area contributed by atoms with Crippen molar-refractivity contribution in [3.8, 4) is 16.3 Å². The van der Waals surface area contributed by atoms with Crippen LogP contribution >= 0.6 is 11.3 Å². The summed E-state index contributed by atoms with van der Waals surface area (Å²) in [5.41, 5.74) is 6.51. The highest BCUT2D eigenvalue weighted by Gasteiger charge is 2.12. The molecule has 2 aromatic rings. The van der Waals surface area contributed by atoms with E-state index in [1.165, 1.54) is 18.3 Å². The number of nitrogens with zero attached hydrogens (tertiary/aromatic N) is 1. The Kier molecular flexibility index (Phi) is 3.62. The van der Waals surface area contributed by atoms with Crippen LogP contribution in [0.5, 0.6) is 5.75 Å². The third kappa shape index (κ3) is 2.97. The number of aryl methyl sites for hydroxylation is 1. The Morgan fingerprint density at radius 2 is 1.89 bits per heavy atom. The van der Waals surface area contributed by atoms with Gasteiger partial charge in [-0.25, -0.2) is 9.78 Å². The van der Waals surface area contributed by atoms with Crippen LogP contribution in [-0.4, -0.2) is 16.9 Å². The number of ether oxygens (including phenoxy) is 1. The van der Waals surface area contributed by atoms with Crippen LogP contribution in [0.4, 0.5) is 4.79 Å². The molecule has 1 aromatic carbocycles. The number of thiazole rings is 1. The Hall–Kier alpha value is -2.21. The van der Waals surface area contributed by atoms with E-state index in [2.05, 4.69) is 4.98 Å². The van der Waals surface area contributed by atoms with Crippen LogP contribution in [0.2, 0.25) is 0 Å². The van der Waals surface area contributed by atoms with E-state index in [1.54, 1.807) is 31.2 Å². The van der Waals surface area contributed by atoms with Gasteiger partial charge in [-0.15, -0.1) is 11.3 Å². The summed E-state index contributed by atoms with van der Waals surface area (Å²) in [5, 5.41) is 0.758. The quantitative estimate of drug-likeness (QED) is 0.874. The van der Waals surface area contributed by atoms with Crippen molar-refractivity contribution in [2.75, 3.05) is 0 Å². The summed E-state index contributed by atoms with van der Waals surface area (Å²) in [6.07, 6.45) is -0.850. The maximum atomic E-state index is 11.4. The van der Waals surface area contributed by atoms with Gasteiger partial charge < -0.3 is 10.5 Å². The zero-order chi connectivity index (χ0) is 14.0. The molecule has 1 amide bonds. The third-order valence-corrected chi connectivity index (χ3v) is 3.74. The van der Waals surface area contributed by atoms with Crippen LogP contribution in [0.1, 0.15) is 22.3 Å². The van der Waals surface area contributed by atoms with Crippen molar-refractivity contribution < 1.29 is 14.3 Å². The second-order valence-electron chi connectivity index (χ2n) is 3.94. The van der Waals surface area contributed by atoms with Crippen LogP contribution in [0.3, 0.4) is 0 Å². The summed E-state index contributed by atoms with van der Waals surface area (Å²) in [4.78, 5) is 27.0. The van der Waals surface area contributed by atoms with Gasteiger partial charge in [0.25, 0.3) is 0 Å². The normalized spacial score (nSPS) is 10.2. The predicted octanol–water partition coefficient (Wildman–Crippen LogP) is 2.78. The fraction of sp³-hybridized carbons (Fsp3) is 0.154. The van der Waals surface area contributed by atoms with Crippen molar-refractivity contribution in [3.05, 3.63) is 34.8 Å². The monoisotopic (exact) mass is 276 g/mol. The number of nitrogens with two attached hydrogens (primary N) is 1. The summed E-state index contributed by atoms with van der Waals surface area (Å²) in [5.74, 6) is 0.381. The molecule has 6 heteroatoms. The molecular formula is C13H12N2O3S. The number of Topliss-reactive ketones (excluding diaryl/α,β-unsaturated/α-hetero) is 1. The molecule has 2 rings (SSSR count). The van der Waals surface area contributed by atoms with Crippen LogP contribution < -0.4 is 10.5 Å². The first-order chi connectivity index (χ1) is 8.97. The van der Waals surface area contributed by atoms with E-state index >= 15 is 0 Å². The molecular weight excluding hydrogens is 264 g/mol. The first kappa shape index (κ1) is 13.2. The van der Waals surface area contributed by atoms with E-state index in [1.807, 2.05) is 0 Å². The molecule has 19 heavy (non-hydrogen) atoms. The molecule has 0 bridgehead atoms. The van der Waals surface area contributed by atoms with Gasteiger partial charge in [-0.3, -0.25) is 4.79 Å². The standard InChI is InChI=1S/C13H12N2O3S/c1-7-11(8(2)16)19-12(15-7)9-3-5-10(6-4-9)18-13(14)17/h3-6H,1-2H3,(H2,14,17). The minimum atomic E-state index is -0.850. The predicted molar refractivity (Wildman–Crippen MR) is 72.5 cm³/mol. The van der Waals surface area contributed by atoms with E-state index in [0.717, 1.165) is 16.3 Å². The molecule has 1 heterocycles. The second kappa shape index (κ2) is 5.19. The molecule has 5 nitrogen and oxygen atoms in total. The Morgan fingerprint density at radius 3 is 2.37 bits per heavy atom. The number of ketones is 1. The molecule has 0 aliphatic carbocycles. The van der Waals surface area contributed by atoms with E-state index in [9.17, 15) is 9.59 Å². The lowest BCUT2D eigenvalue weighted by Gasteiger charge is -2.01. The van der Waals surface area contributed by atoms with E-state index in [-0.39, 0.29) is 5.78 Å². The fourth-order valence-electron chi connectivity index (χ4n) is 1.63. The molecule has 0 saturated carbocycles. The lowest BCUT2D eigenvalue weighted by Crippen LogP contribution is -2.16. The SMILES string of the molecule is CC(=O)c1sc(-c2ccc(OC(N)=O)cc2)nc1C. The smallest absolute Gasteiger partial charge is 0.409 e. The molecule has 0 radical (unpaired) electrons. The van der Waals surface area contributed by atoms with Crippen molar-refractivity contribution in [1.29, 1.82) is 0 Å². The van der Waals surface area contributed by atoms with Crippen LogP contribution in [0.15, 0.2) is 24.3 Å². The fourth-order valence-corrected chi connectivity index (χ4v) is 2.60. The summed E-state index contributed by atoms with van der Waals surface area (Å²) < 4.78 is 4.74. The first-order valence-corrected chi connectivity index (χ1v) is 6.35. The molecule has 1 aromatic heterocycles. The summed E-state index contributed by atoms with van der Waals surface area (Å²) in [6, 6.07) is 6.79. The van der Waals surface area contributed by atoms with Gasteiger partial charge in [0.1, 0.15) is 10.8 Å². The Bertz CT molecular complexity index is 632. The average molecular weight is 276 g/mol. The van der Waals surface area contributed by atoms with Crippen molar-refractivity contribution in [2.45, 2.75) is 13.8 Å². The number of hydrogen-bond donors (Lipinski definition) is 1. The number of amides is 1. The minimum Gasteiger partial charge on any atom is -0.411 e. The Balaban J connectivity index is 2.29. The number of benzene rings is 1. The van der Waals surface area contributed by atoms with Gasteiger partial charge in [0.05, 0.1) is 10.6 Å². The average Bonchev–Trinajstić information content (AvgIpc) is 2.71. The molecule has 0 fully saturated rings. The number of rotatable bonds is 3. The number of carbonyl (C=O) groups excluding carboxylic acids is 2. The van der Waals surface area contributed by atoms with Crippen LogP contribution in [0.25, 0.3) is 10.6 Å². The zero-order valence-corrected chi connectivity index (χ0v) is 11.3. The van der Waals surface area contributed by atoms with Crippen LogP contribution in [-0.2, 0) is 0 Å². The summed E-state index contributed by atoms with van der Waals surface area (Å²) in [6.45, 7) is 3.33. The first-order valence-electron chi connectivity index (χ1n) is 5.53. The van der Waals surface area contributed by atoms with Gasteiger partial charge in [0.15, 0.2) is 5.78 Å². The summed E-state index contributed by atoms with van der Waals surface area (Å²) >= 11 is 1.35. The molecule has 0 atom stereocenters. The Morgan fingerprint density at radius 1 is 1.26 bits per heavy atom. The number of carbonyl (C=O) groups is 2. The lowest BCUT2D eigenvalue weighted by molar-refractivity contribution is 0.102. The van der Waals surface area contributed by atoms with E-state index < -0.39 is 6.09 Å². The van der Waals surface area contributed by atoms with E-state index in [4.69, 9.17) is 10.5 Å². The van der Waals surface area contributed by atoms with Crippen molar-refractivity contribution in [3.63, 3.8) is 0 Å². The molecule has 0 spiro atoms. The molecule has 2 N–H and O–H groups in total. The number of hydrogen-bond acceptors (Lipinski definition) is 5. The van der Waals surface area contributed by atoms with Gasteiger partial charge in [0, 0.05) is 12.5 Å². The van der Waals surface area contributed by atoms with Crippen LogP contribution in [0, 0.1) is 6.92 Å². The van der Waals surface area contributed by atoms with E-state index in [0.29, 0.717) is 10.6 Å². The maximum Gasteiger partial charge on any atom is 0.409 e. The molecule has 98 valence electrons. The van der Waals surface area contributed by atoms with Gasteiger partial charge in [-0.1, -0.05) is 0 Å². The molecule has 0 aliphatic heterocycles. The zero-order valence-electron chi connectivity index (χ0n) is 10.5. The van der Waals surface area contributed by atoms with Gasteiger partial charge >= 0.3 is 6.09 Å². The highest BCUT2D eigenvalue weighted by atomic mass is 32.1. The highest BCUT2D eigenvalue weighted by Crippen LogP contribution is 2.29. The largest absolute Gasteiger partial charge is 0.411 e. The van der Waals surface area contributed by atoms with Gasteiger partial charge in [-0.2, -0.15) is 0 Å². The maximum absolute atomic E-state index is 11.4. The minimum absolute atomic E-state index is 0.00920. The number of primary amides is 1. The third-order valence-electron chi connectivity index (χ3n) is 2.44.